The van der Waals surface area contributed by atoms with E-state index in [1.807, 2.05) is 24.3 Å². The standard InChI is InChI=1S/C24H26O4/c25-23(14-11-16-9-12-17(13-10-16)24(26)27)28-15-22-20-7-3-1-5-18(20)19-6-2-4-8-21(19)22/h1-8,16-17,22H,9-15H2,(H,26,27). The monoisotopic (exact) mass is 378 g/mol. The van der Waals surface area contributed by atoms with E-state index in [4.69, 9.17) is 9.84 Å². The number of hydrogen-bond acceptors (Lipinski definition) is 3. The van der Waals surface area contributed by atoms with Crippen LogP contribution in [-0.4, -0.2) is 23.7 Å². The quantitative estimate of drug-likeness (QED) is 0.718. The lowest BCUT2D eigenvalue weighted by atomic mass is 9.80. The van der Waals surface area contributed by atoms with Crippen LogP contribution in [-0.2, 0) is 14.3 Å². The van der Waals surface area contributed by atoms with Crippen LogP contribution in [0.2, 0.25) is 0 Å². The first-order chi connectivity index (χ1) is 13.6. The van der Waals surface area contributed by atoms with Gasteiger partial charge in [0.2, 0.25) is 0 Å². The first-order valence-electron chi connectivity index (χ1n) is 10.2. The van der Waals surface area contributed by atoms with Crippen molar-refractivity contribution >= 4 is 11.9 Å². The van der Waals surface area contributed by atoms with E-state index in [0.717, 1.165) is 32.1 Å². The number of esters is 1. The van der Waals surface area contributed by atoms with Gasteiger partial charge in [-0.25, -0.2) is 0 Å². The molecule has 0 aliphatic heterocycles. The average molecular weight is 378 g/mol. The Labute approximate surface area is 165 Å². The molecule has 28 heavy (non-hydrogen) atoms. The number of carbonyl (C=O) groups excluding carboxylic acids is 1. The largest absolute Gasteiger partial charge is 0.481 e. The lowest BCUT2D eigenvalue weighted by Gasteiger charge is -2.25. The summed E-state index contributed by atoms with van der Waals surface area (Å²) in [5.74, 6) is -0.499. The topological polar surface area (TPSA) is 63.6 Å². The smallest absolute Gasteiger partial charge is 0.306 e. The van der Waals surface area contributed by atoms with Crippen molar-refractivity contribution in [2.24, 2.45) is 11.8 Å². The Bertz CT molecular complexity index is 819. The van der Waals surface area contributed by atoms with Gasteiger partial charge in [0.05, 0.1) is 5.92 Å². The fraction of sp³-hybridized carbons (Fsp3) is 0.417. The van der Waals surface area contributed by atoms with Crippen molar-refractivity contribution in [3.05, 3.63) is 59.7 Å². The first kappa shape index (κ1) is 18.7. The van der Waals surface area contributed by atoms with E-state index in [1.54, 1.807) is 0 Å². The maximum absolute atomic E-state index is 12.3. The molecule has 1 saturated carbocycles. The predicted octanol–water partition coefficient (Wildman–Crippen LogP) is 5.01. The number of carboxylic acids is 1. The van der Waals surface area contributed by atoms with Gasteiger partial charge in [0.1, 0.15) is 6.61 Å². The third-order valence-corrected chi connectivity index (χ3v) is 6.33. The number of rotatable bonds is 6. The highest BCUT2D eigenvalue weighted by molar-refractivity contribution is 5.79. The second kappa shape index (κ2) is 8.17. The van der Waals surface area contributed by atoms with E-state index < -0.39 is 5.97 Å². The average Bonchev–Trinajstić information content (AvgIpc) is 3.05. The van der Waals surface area contributed by atoms with Crippen LogP contribution >= 0.6 is 0 Å². The molecule has 2 aliphatic carbocycles. The zero-order chi connectivity index (χ0) is 19.5. The molecule has 4 rings (SSSR count). The summed E-state index contributed by atoms with van der Waals surface area (Å²) in [6, 6.07) is 16.7. The highest BCUT2D eigenvalue weighted by atomic mass is 16.5. The molecule has 0 aromatic heterocycles. The summed E-state index contributed by atoms with van der Waals surface area (Å²) in [5.41, 5.74) is 4.91. The highest BCUT2D eigenvalue weighted by Crippen LogP contribution is 2.44. The molecule has 0 heterocycles. The fourth-order valence-corrected chi connectivity index (χ4v) is 4.71. The van der Waals surface area contributed by atoms with E-state index in [0.29, 0.717) is 18.9 Å². The molecule has 0 bridgehead atoms. The van der Waals surface area contributed by atoms with Crippen molar-refractivity contribution in [3.8, 4) is 11.1 Å². The summed E-state index contributed by atoms with van der Waals surface area (Å²) in [6.07, 6.45) is 4.46. The van der Waals surface area contributed by atoms with Gasteiger partial charge in [-0.05, 0) is 60.3 Å². The molecule has 0 radical (unpaired) electrons. The van der Waals surface area contributed by atoms with Crippen LogP contribution in [0.15, 0.2) is 48.5 Å². The third-order valence-electron chi connectivity index (χ3n) is 6.33. The number of hydrogen-bond donors (Lipinski definition) is 1. The fourth-order valence-electron chi connectivity index (χ4n) is 4.71. The van der Waals surface area contributed by atoms with Crippen LogP contribution in [0.25, 0.3) is 11.1 Å². The van der Waals surface area contributed by atoms with E-state index in [2.05, 4.69) is 24.3 Å². The first-order valence-corrected chi connectivity index (χ1v) is 10.2. The van der Waals surface area contributed by atoms with Crippen LogP contribution in [0.5, 0.6) is 0 Å². The maximum atomic E-state index is 12.3. The highest BCUT2D eigenvalue weighted by Gasteiger charge is 2.29. The normalized spacial score (nSPS) is 21.0. The van der Waals surface area contributed by atoms with Crippen LogP contribution in [0.1, 0.15) is 55.6 Å². The molecule has 2 aliphatic rings. The minimum atomic E-state index is -0.685. The van der Waals surface area contributed by atoms with E-state index in [9.17, 15) is 9.59 Å². The Kier molecular flexibility index (Phi) is 5.47. The Morgan fingerprint density at radius 2 is 1.46 bits per heavy atom. The molecule has 1 N–H and O–H groups in total. The molecule has 4 nitrogen and oxygen atoms in total. The minimum Gasteiger partial charge on any atom is -0.481 e. The molecule has 0 amide bonds. The molecular formula is C24H26O4. The van der Waals surface area contributed by atoms with Gasteiger partial charge in [-0.1, -0.05) is 48.5 Å². The van der Waals surface area contributed by atoms with Gasteiger partial charge in [0.15, 0.2) is 0 Å². The molecule has 0 saturated heterocycles. The molecule has 0 spiro atoms. The zero-order valence-corrected chi connectivity index (χ0v) is 16.0. The summed E-state index contributed by atoms with van der Waals surface area (Å²) in [5, 5.41) is 9.08. The van der Waals surface area contributed by atoms with Crippen molar-refractivity contribution in [1.82, 2.24) is 0 Å². The summed E-state index contributed by atoms with van der Waals surface area (Å²) in [6.45, 7) is 0.374. The Balaban J connectivity index is 1.30. The molecule has 2 aromatic rings. The van der Waals surface area contributed by atoms with Gasteiger partial charge in [0, 0.05) is 12.3 Å². The lowest BCUT2D eigenvalue weighted by molar-refractivity contribution is -0.145. The van der Waals surface area contributed by atoms with Crippen molar-refractivity contribution in [2.75, 3.05) is 6.61 Å². The van der Waals surface area contributed by atoms with Crippen LogP contribution < -0.4 is 0 Å². The Hall–Kier alpha value is -2.62. The van der Waals surface area contributed by atoms with Crippen molar-refractivity contribution < 1.29 is 19.4 Å². The van der Waals surface area contributed by atoms with Gasteiger partial charge >= 0.3 is 11.9 Å². The number of benzene rings is 2. The third kappa shape index (κ3) is 3.82. The van der Waals surface area contributed by atoms with Gasteiger partial charge in [-0.3, -0.25) is 9.59 Å². The van der Waals surface area contributed by atoms with Crippen LogP contribution in [0.4, 0.5) is 0 Å². The lowest BCUT2D eigenvalue weighted by Crippen LogP contribution is -2.22. The van der Waals surface area contributed by atoms with E-state index >= 15 is 0 Å². The number of ether oxygens (including phenoxy) is 1. The van der Waals surface area contributed by atoms with Gasteiger partial charge in [-0.2, -0.15) is 0 Å². The number of aliphatic carboxylic acids is 1. The van der Waals surface area contributed by atoms with E-state index in [1.165, 1.54) is 22.3 Å². The molecule has 146 valence electrons. The minimum absolute atomic E-state index is 0.0994. The number of carbonyl (C=O) groups is 2. The second-order valence-corrected chi connectivity index (χ2v) is 8.00. The summed E-state index contributed by atoms with van der Waals surface area (Å²) in [4.78, 5) is 23.4. The Morgan fingerprint density at radius 1 is 0.893 bits per heavy atom. The van der Waals surface area contributed by atoms with Gasteiger partial charge < -0.3 is 9.84 Å². The van der Waals surface area contributed by atoms with Crippen LogP contribution in [0, 0.1) is 11.8 Å². The number of fused-ring (bicyclic) bond motifs is 3. The molecule has 0 unspecified atom stereocenters. The maximum Gasteiger partial charge on any atom is 0.306 e. The molecule has 1 fully saturated rings. The van der Waals surface area contributed by atoms with Gasteiger partial charge in [0.25, 0.3) is 0 Å². The predicted molar refractivity (Wildman–Crippen MR) is 107 cm³/mol. The zero-order valence-electron chi connectivity index (χ0n) is 16.0. The SMILES string of the molecule is O=C(CCC1CCC(C(=O)O)CC1)OCC1c2ccccc2-c2ccccc21. The summed E-state index contributed by atoms with van der Waals surface area (Å²) in [7, 11) is 0. The molecule has 4 heteroatoms. The van der Waals surface area contributed by atoms with Crippen molar-refractivity contribution in [2.45, 2.75) is 44.4 Å². The molecule has 0 atom stereocenters. The van der Waals surface area contributed by atoms with Crippen LogP contribution in [0.3, 0.4) is 0 Å². The molecule has 2 aromatic carbocycles. The van der Waals surface area contributed by atoms with Crippen molar-refractivity contribution in [1.29, 1.82) is 0 Å². The molecular weight excluding hydrogens is 352 g/mol. The van der Waals surface area contributed by atoms with E-state index in [-0.39, 0.29) is 17.8 Å². The Morgan fingerprint density at radius 3 is 2.04 bits per heavy atom. The van der Waals surface area contributed by atoms with Crippen molar-refractivity contribution in [3.63, 3.8) is 0 Å². The number of carboxylic acid groups (broad SMARTS) is 1. The summed E-state index contributed by atoms with van der Waals surface area (Å²) < 4.78 is 5.66. The second-order valence-electron chi connectivity index (χ2n) is 8.00. The summed E-state index contributed by atoms with van der Waals surface area (Å²) >= 11 is 0. The van der Waals surface area contributed by atoms with Gasteiger partial charge in [-0.15, -0.1) is 0 Å².